The lowest BCUT2D eigenvalue weighted by Gasteiger charge is -2.33. The number of H-pyrrole nitrogens is 2. The number of benzene rings is 2. The molecule has 0 radical (unpaired) electrons. The Morgan fingerprint density at radius 3 is 2.52 bits per heavy atom. The Morgan fingerprint density at radius 1 is 1.03 bits per heavy atom. The van der Waals surface area contributed by atoms with Crippen molar-refractivity contribution in [1.82, 2.24) is 14.9 Å². The van der Waals surface area contributed by atoms with Gasteiger partial charge in [0.2, 0.25) is 0 Å². The molecule has 4 aromatic rings. The maximum atomic E-state index is 14.0. The van der Waals surface area contributed by atoms with Crippen molar-refractivity contribution < 1.29 is 22.7 Å². The summed E-state index contributed by atoms with van der Waals surface area (Å²) in [6, 6.07) is 7.05. The van der Waals surface area contributed by atoms with Crippen LogP contribution in [0.15, 0.2) is 41.2 Å². The number of nitrogens with one attached hydrogen (secondary N) is 2. The molecule has 1 aliphatic rings. The van der Waals surface area contributed by atoms with Gasteiger partial charge in [0, 0.05) is 29.2 Å². The lowest BCUT2D eigenvalue weighted by molar-refractivity contribution is 0.0333. The first-order chi connectivity index (χ1) is 14.8. The van der Waals surface area contributed by atoms with Gasteiger partial charge in [-0.2, -0.15) is 0 Å². The molecular weight excluding hydrogens is 411 g/mol. The average molecular weight is 427 g/mol. The van der Waals surface area contributed by atoms with E-state index in [4.69, 9.17) is 4.74 Å². The van der Waals surface area contributed by atoms with Crippen LogP contribution in [0.25, 0.3) is 21.7 Å². The number of amides is 1. The second-order valence-electron chi connectivity index (χ2n) is 7.49. The lowest BCUT2D eigenvalue weighted by atomic mass is 9.95. The molecular formula is C22H16F3N3O3. The van der Waals surface area contributed by atoms with Crippen molar-refractivity contribution in [3.05, 3.63) is 81.2 Å². The van der Waals surface area contributed by atoms with E-state index in [1.54, 1.807) is 6.07 Å². The van der Waals surface area contributed by atoms with Crippen LogP contribution in [0.2, 0.25) is 0 Å². The highest BCUT2D eigenvalue weighted by Gasteiger charge is 2.32. The summed E-state index contributed by atoms with van der Waals surface area (Å²) in [5, 5.41) is 0.484. The summed E-state index contributed by atoms with van der Waals surface area (Å²) in [6.45, 7) is 0.152. The van der Waals surface area contributed by atoms with Gasteiger partial charge in [-0.25, -0.2) is 13.2 Å². The van der Waals surface area contributed by atoms with Crippen LogP contribution in [0.4, 0.5) is 13.2 Å². The molecule has 0 unspecified atom stereocenters. The number of aromatic nitrogens is 2. The van der Waals surface area contributed by atoms with Gasteiger partial charge < -0.3 is 19.6 Å². The molecule has 31 heavy (non-hydrogen) atoms. The number of ether oxygens (including phenoxy) is 1. The maximum Gasteiger partial charge on any atom is 0.270 e. The number of carbonyl (C=O) groups is 1. The number of halogens is 3. The summed E-state index contributed by atoms with van der Waals surface area (Å²) >= 11 is 0. The quantitative estimate of drug-likeness (QED) is 0.511. The molecule has 3 heterocycles. The van der Waals surface area contributed by atoms with E-state index < -0.39 is 35.0 Å². The monoisotopic (exact) mass is 427 g/mol. The van der Waals surface area contributed by atoms with E-state index in [0.29, 0.717) is 16.8 Å². The number of carbonyl (C=O) groups excluding carboxylic acids is 1. The second-order valence-corrected chi connectivity index (χ2v) is 7.49. The van der Waals surface area contributed by atoms with Crippen molar-refractivity contribution in [3.63, 3.8) is 0 Å². The largest absolute Gasteiger partial charge is 0.373 e. The van der Waals surface area contributed by atoms with Crippen molar-refractivity contribution in [2.45, 2.75) is 12.6 Å². The fourth-order valence-electron chi connectivity index (χ4n) is 4.11. The normalized spacial score (nSPS) is 15.9. The molecule has 158 valence electrons. The van der Waals surface area contributed by atoms with Crippen LogP contribution in [-0.4, -0.2) is 34.4 Å². The van der Waals surface area contributed by atoms with Crippen LogP contribution in [0.3, 0.4) is 0 Å². The van der Waals surface area contributed by atoms with Crippen molar-refractivity contribution >= 4 is 27.6 Å². The van der Waals surface area contributed by atoms with E-state index in [1.807, 2.05) is 0 Å². The third-order valence-electron chi connectivity index (χ3n) is 5.67. The Labute approximate surface area is 173 Å². The van der Waals surface area contributed by atoms with Crippen LogP contribution in [0.5, 0.6) is 0 Å². The third kappa shape index (κ3) is 3.00. The fourth-order valence-corrected chi connectivity index (χ4v) is 4.11. The number of hydrogen-bond donors (Lipinski definition) is 2. The zero-order valence-electron chi connectivity index (χ0n) is 16.3. The molecule has 9 heteroatoms. The minimum absolute atomic E-state index is 0.0157. The number of nitrogens with zero attached hydrogens (tertiary/aromatic N) is 1. The van der Waals surface area contributed by atoms with Gasteiger partial charge in [-0.3, -0.25) is 9.59 Å². The molecule has 0 saturated heterocycles. The van der Waals surface area contributed by atoms with Crippen molar-refractivity contribution in [3.8, 4) is 0 Å². The molecule has 2 aromatic heterocycles. The number of pyridine rings is 1. The van der Waals surface area contributed by atoms with Gasteiger partial charge in [-0.05, 0) is 35.7 Å². The van der Waals surface area contributed by atoms with Crippen LogP contribution in [-0.2, 0) is 11.3 Å². The van der Waals surface area contributed by atoms with Gasteiger partial charge in [-0.15, -0.1) is 0 Å². The fraction of sp³-hybridized carbons (Fsp3) is 0.182. The summed E-state index contributed by atoms with van der Waals surface area (Å²) in [6.07, 6.45) is 0. The van der Waals surface area contributed by atoms with Crippen molar-refractivity contribution in [2.75, 3.05) is 13.7 Å². The maximum absolute atomic E-state index is 14.0. The molecule has 2 aromatic carbocycles. The molecule has 2 N–H and O–H groups in total. The van der Waals surface area contributed by atoms with Crippen LogP contribution in [0, 0.1) is 17.5 Å². The second kappa shape index (κ2) is 6.98. The molecule has 0 spiro atoms. The van der Waals surface area contributed by atoms with E-state index in [9.17, 15) is 22.8 Å². The standard InChI is InChI=1S/C22H16F3N3O3/c1-28(22(30)17-7-12-13(23)3-2-4-16(12)26-17)19-9-31-8-18-20(19)10-5-14(24)15(25)6-11(10)21(29)27-18/h2-7,19,26H,8-9H2,1H3,(H,27,29)/t19-/m1/s1. The summed E-state index contributed by atoms with van der Waals surface area (Å²) < 4.78 is 47.4. The Hall–Kier alpha value is -3.59. The Morgan fingerprint density at radius 2 is 1.77 bits per heavy atom. The van der Waals surface area contributed by atoms with Gasteiger partial charge in [0.15, 0.2) is 11.6 Å². The van der Waals surface area contributed by atoms with Gasteiger partial charge in [-0.1, -0.05) is 6.07 Å². The zero-order valence-corrected chi connectivity index (χ0v) is 16.3. The molecule has 1 aliphatic heterocycles. The summed E-state index contributed by atoms with van der Waals surface area (Å²) in [5.74, 6) is -3.13. The first kappa shape index (κ1) is 19.4. The van der Waals surface area contributed by atoms with E-state index in [-0.39, 0.29) is 35.1 Å². The first-order valence-electron chi connectivity index (χ1n) is 9.51. The molecule has 0 saturated carbocycles. The predicted octanol–water partition coefficient (Wildman–Crippen LogP) is 3.77. The van der Waals surface area contributed by atoms with Gasteiger partial charge in [0.1, 0.15) is 11.5 Å². The Bertz CT molecular complexity index is 1430. The van der Waals surface area contributed by atoms with E-state index in [1.165, 1.54) is 30.1 Å². The molecule has 5 rings (SSSR count). The number of likely N-dealkylation sites (N-methyl/N-ethyl adjacent to an activating group) is 1. The summed E-state index contributed by atoms with van der Waals surface area (Å²) in [4.78, 5) is 32.4. The highest BCUT2D eigenvalue weighted by Crippen LogP contribution is 2.34. The topological polar surface area (TPSA) is 78.2 Å². The molecule has 0 aliphatic carbocycles. The van der Waals surface area contributed by atoms with Crippen molar-refractivity contribution in [1.29, 1.82) is 0 Å². The average Bonchev–Trinajstić information content (AvgIpc) is 3.19. The van der Waals surface area contributed by atoms with Gasteiger partial charge >= 0.3 is 0 Å². The molecule has 0 fully saturated rings. The third-order valence-corrected chi connectivity index (χ3v) is 5.67. The summed E-state index contributed by atoms with van der Waals surface area (Å²) in [5.41, 5.74) is 0.946. The Balaban J connectivity index is 1.62. The van der Waals surface area contributed by atoms with Gasteiger partial charge in [0.05, 0.1) is 24.6 Å². The Kier molecular flexibility index (Phi) is 4.37. The molecule has 0 bridgehead atoms. The highest BCUT2D eigenvalue weighted by atomic mass is 19.2. The van der Waals surface area contributed by atoms with Crippen LogP contribution < -0.4 is 5.56 Å². The van der Waals surface area contributed by atoms with E-state index in [0.717, 1.165) is 12.1 Å². The zero-order chi connectivity index (χ0) is 21.9. The van der Waals surface area contributed by atoms with E-state index in [2.05, 4.69) is 9.97 Å². The minimum atomic E-state index is -1.13. The number of fused-ring (bicyclic) bond motifs is 4. The highest BCUT2D eigenvalue weighted by molar-refractivity contribution is 5.98. The number of aromatic amines is 2. The number of hydrogen-bond acceptors (Lipinski definition) is 3. The summed E-state index contributed by atoms with van der Waals surface area (Å²) in [7, 11) is 1.53. The first-order valence-corrected chi connectivity index (χ1v) is 9.51. The van der Waals surface area contributed by atoms with Crippen LogP contribution in [0.1, 0.15) is 27.8 Å². The lowest BCUT2D eigenvalue weighted by Crippen LogP contribution is -2.37. The smallest absolute Gasteiger partial charge is 0.270 e. The molecule has 1 amide bonds. The molecule has 1 atom stereocenters. The predicted molar refractivity (Wildman–Crippen MR) is 107 cm³/mol. The SMILES string of the molecule is CN(C(=O)c1cc2c(F)cccc2[nH]1)[C@@H]1COCc2[nH]c(=O)c3cc(F)c(F)cc3c21. The number of rotatable bonds is 2. The van der Waals surface area contributed by atoms with Crippen molar-refractivity contribution in [2.24, 2.45) is 0 Å². The van der Waals surface area contributed by atoms with Gasteiger partial charge in [0.25, 0.3) is 11.5 Å². The minimum Gasteiger partial charge on any atom is -0.373 e. The molecule has 6 nitrogen and oxygen atoms in total. The van der Waals surface area contributed by atoms with Crippen LogP contribution >= 0.6 is 0 Å². The van der Waals surface area contributed by atoms with E-state index >= 15 is 0 Å².